The molecule has 94 valence electrons. The molecule has 0 radical (unpaired) electrons. The topological polar surface area (TPSA) is 55.8 Å². The number of benzene rings is 1. The Hall–Kier alpha value is -1.55. The summed E-state index contributed by atoms with van der Waals surface area (Å²) in [6.07, 6.45) is -0.794. The number of carboxylic acid groups (broad SMARTS) is 1. The lowest BCUT2D eigenvalue weighted by Crippen LogP contribution is -2.22. The monoisotopic (exact) mass is 238 g/mol. The standard InChI is InChI=1S/C13H18O4/c1-9-6-10(2)8-12(7-9)17-5-4-16-11(3)13(14)15/h6-8,11H,4-5H2,1-3H3,(H,14,15)/t11-/m0/s1. The van der Waals surface area contributed by atoms with Crippen LogP contribution in [0.15, 0.2) is 18.2 Å². The van der Waals surface area contributed by atoms with Gasteiger partial charge in [0.15, 0.2) is 6.10 Å². The van der Waals surface area contributed by atoms with Crippen LogP contribution in [0, 0.1) is 13.8 Å². The molecule has 0 fully saturated rings. The van der Waals surface area contributed by atoms with Crippen LogP contribution in [0.3, 0.4) is 0 Å². The van der Waals surface area contributed by atoms with Crippen molar-refractivity contribution in [2.24, 2.45) is 0 Å². The van der Waals surface area contributed by atoms with Crippen LogP contribution < -0.4 is 4.74 Å². The Kier molecular flexibility index (Phi) is 4.97. The molecule has 0 amide bonds. The molecule has 1 atom stereocenters. The summed E-state index contributed by atoms with van der Waals surface area (Å²) >= 11 is 0. The van der Waals surface area contributed by atoms with Crippen molar-refractivity contribution >= 4 is 5.97 Å². The number of hydrogen-bond acceptors (Lipinski definition) is 3. The fraction of sp³-hybridized carbons (Fsp3) is 0.462. The molecule has 0 aliphatic carbocycles. The van der Waals surface area contributed by atoms with E-state index in [1.54, 1.807) is 0 Å². The fourth-order valence-corrected chi connectivity index (χ4v) is 1.47. The first-order valence-electron chi connectivity index (χ1n) is 5.54. The Morgan fingerprint density at radius 3 is 2.35 bits per heavy atom. The molecule has 0 aliphatic rings. The van der Waals surface area contributed by atoms with Gasteiger partial charge in [-0.15, -0.1) is 0 Å². The first-order valence-corrected chi connectivity index (χ1v) is 5.54. The Morgan fingerprint density at radius 2 is 1.82 bits per heavy atom. The minimum atomic E-state index is -0.962. The van der Waals surface area contributed by atoms with Crippen LogP contribution >= 0.6 is 0 Å². The quantitative estimate of drug-likeness (QED) is 0.772. The first-order chi connectivity index (χ1) is 7.99. The number of ether oxygens (including phenoxy) is 2. The molecule has 4 nitrogen and oxygen atoms in total. The maximum atomic E-state index is 10.5. The van der Waals surface area contributed by atoms with Gasteiger partial charge in [0.1, 0.15) is 12.4 Å². The van der Waals surface area contributed by atoms with E-state index in [0.29, 0.717) is 6.61 Å². The number of carbonyl (C=O) groups is 1. The SMILES string of the molecule is Cc1cc(C)cc(OCCO[C@@H](C)C(=O)O)c1. The molecule has 1 aromatic rings. The minimum Gasteiger partial charge on any atom is -0.491 e. The third kappa shape index (κ3) is 4.87. The summed E-state index contributed by atoms with van der Waals surface area (Å²) in [6, 6.07) is 5.94. The highest BCUT2D eigenvalue weighted by Gasteiger charge is 2.10. The van der Waals surface area contributed by atoms with Gasteiger partial charge >= 0.3 is 5.97 Å². The first kappa shape index (κ1) is 13.5. The molecule has 0 aliphatic heterocycles. The van der Waals surface area contributed by atoms with Crippen molar-refractivity contribution in [2.45, 2.75) is 26.9 Å². The average molecular weight is 238 g/mol. The smallest absolute Gasteiger partial charge is 0.332 e. The van der Waals surface area contributed by atoms with Crippen LogP contribution in [0.2, 0.25) is 0 Å². The molecule has 0 saturated heterocycles. The van der Waals surface area contributed by atoms with Crippen LogP contribution in [-0.4, -0.2) is 30.4 Å². The highest BCUT2D eigenvalue weighted by molar-refractivity contribution is 5.71. The lowest BCUT2D eigenvalue weighted by Gasteiger charge is -2.10. The van der Waals surface area contributed by atoms with Gasteiger partial charge in [-0.1, -0.05) is 6.07 Å². The molecular weight excluding hydrogens is 220 g/mol. The molecule has 0 bridgehead atoms. The van der Waals surface area contributed by atoms with Gasteiger partial charge in [-0.05, 0) is 44.0 Å². The van der Waals surface area contributed by atoms with Gasteiger partial charge in [-0.2, -0.15) is 0 Å². The van der Waals surface area contributed by atoms with Gasteiger partial charge in [0.25, 0.3) is 0 Å². The number of rotatable bonds is 6. The number of carboxylic acids is 1. The Morgan fingerprint density at radius 1 is 1.24 bits per heavy atom. The van der Waals surface area contributed by atoms with Gasteiger partial charge in [0.2, 0.25) is 0 Å². The summed E-state index contributed by atoms with van der Waals surface area (Å²) in [4.78, 5) is 10.5. The van der Waals surface area contributed by atoms with E-state index in [1.807, 2.05) is 26.0 Å². The van der Waals surface area contributed by atoms with Crippen molar-refractivity contribution in [3.8, 4) is 5.75 Å². The molecule has 0 unspecified atom stereocenters. The van der Waals surface area contributed by atoms with E-state index in [1.165, 1.54) is 6.92 Å². The van der Waals surface area contributed by atoms with Crippen molar-refractivity contribution in [1.29, 1.82) is 0 Å². The summed E-state index contributed by atoms with van der Waals surface area (Å²) in [5.74, 6) is -0.175. The summed E-state index contributed by atoms with van der Waals surface area (Å²) in [5.41, 5.74) is 2.28. The minimum absolute atomic E-state index is 0.264. The average Bonchev–Trinajstić information content (AvgIpc) is 2.22. The number of aliphatic carboxylic acids is 1. The molecule has 4 heteroatoms. The Balaban J connectivity index is 2.33. The van der Waals surface area contributed by atoms with E-state index >= 15 is 0 Å². The lowest BCUT2D eigenvalue weighted by molar-refractivity contribution is -0.149. The highest BCUT2D eigenvalue weighted by Crippen LogP contribution is 2.15. The van der Waals surface area contributed by atoms with E-state index in [-0.39, 0.29) is 6.61 Å². The fourth-order valence-electron chi connectivity index (χ4n) is 1.47. The summed E-state index contributed by atoms with van der Waals surface area (Å²) in [5, 5.41) is 8.61. The van der Waals surface area contributed by atoms with Crippen LogP contribution in [0.4, 0.5) is 0 Å². The van der Waals surface area contributed by atoms with Gasteiger partial charge in [0, 0.05) is 0 Å². The van der Waals surface area contributed by atoms with E-state index in [9.17, 15) is 4.79 Å². The summed E-state index contributed by atoms with van der Waals surface area (Å²) < 4.78 is 10.5. The zero-order valence-corrected chi connectivity index (χ0v) is 10.4. The molecular formula is C13H18O4. The third-order valence-corrected chi connectivity index (χ3v) is 2.26. The van der Waals surface area contributed by atoms with Crippen LogP contribution in [-0.2, 0) is 9.53 Å². The second-order valence-corrected chi connectivity index (χ2v) is 4.02. The van der Waals surface area contributed by atoms with Crippen molar-refractivity contribution < 1.29 is 19.4 Å². The molecule has 0 spiro atoms. The van der Waals surface area contributed by atoms with Crippen LogP contribution in [0.25, 0.3) is 0 Å². The molecule has 0 saturated carbocycles. The summed E-state index contributed by atoms with van der Waals surface area (Å²) in [7, 11) is 0. The largest absolute Gasteiger partial charge is 0.491 e. The van der Waals surface area contributed by atoms with Crippen molar-refractivity contribution in [1.82, 2.24) is 0 Å². The maximum Gasteiger partial charge on any atom is 0.332 e. The number of aryl methyl sites for hydroxylation is 2. The molecule has 17 heavy (non-hydrogen) atoms. The second-order valence-electron chi connectivity index (χ2n) is 4.02. The maximum absolute atomic E-state index is 10.5. The second kappa shape index (κ2) is 6.25. The molecule has 0 aromatic heterocycles. The van der Waals surface area contributed by atoms with E-state index < -0.39 is 12.1 Å². The lowest BCUT2D eigenvalue weighted by atomic mass is 10.1. The molecule has 1 N–H and O–H groups in total. The third-order valence-electron chi connectivity index (χ3n) is 2.26. The zero-order chi connectivity index (χ0) is 12.8. The Labute approximate surface area is 101 Å². The van der Waals surface area contributed by atoms with Crippen molar-refractivity contribution in [3.63, 3.8) is 0 Å². The van der Waals surface area contributed by atoms with Crippen LogP contribution in [0.5, 0.6) is 5.75 Å². The normalized spacial score (nSPS) is 12.2. The van der Waals surface area contributed by atoms with Gasteiger partial charge in [-0.3, -0.25) is 0 Å². The van der Waals surface area contributed by atoms with Gasteiger partial charge < -0.3 is 14.6 Å². The number of hydrogen-bond donors (Lipinski definition) is 1. The van der Waals surface area contributed by atoms with Crippen molar-refractivity contribution in [2.75, 3.05) is 13.2 Å². The van der Waals surface area contributed by atoms with Crippen molar-refractivity contribution in [3.05, 3.63) is 29.3 Å². The van der Waals surface area contributed by atoms with E-state index in [0.717, 1.165) is 16.9 Å². The molecule has 0 heterocycles. The molecule has 1 aromatic carbocycles. The van der Waals surface area contributed by atoms with E-state index in [2.05, 4.69) is 6.07 Å². The zero-order valence-electron chi connectivity index (χ0n) is 10.4. The highest BCUT2D eigenvalue weighted by atomic mass is 16.5. The summed E-state index contributed by atoms with van der Waals surface area (Å²) in [6.45, 7) is 6.12. The Bertz CT molecular complexity index is 367. The van der Waals surface area contributed by atoms with Gasteiger partial charge in [0.05, 0.1) is 6.61 Å². The molecule has 1 rings (SSSR count). The van der Waals surface area contributed by atoms with Gasteiger partial charge in [-0.25, -0.2) is 4.79 Å². The van der Waals surface area contributed by atoms with E-state index in [4.69, 9.17) is 14.6 Å². The predicted octanol–water partition coefficient (Wildman–Crippen LogP) is 2.17. The van der Waals surface area contributed by atoms with Crippen LogP contribution in [0.1, 0.15) is 18.1 Å². The predicted molar refractivity (Wildman–Crippen MR) is 64.5 cm³/mol.